The Balaban J connectivity index is 1.83. The third kappa shape index (κ3) is 2.73. The Bertz CT molecular complexity index is 755. The second kappa shape index (κ2) is 5.89. The predicted molar refractivity (Wildman–Crippen MR) is 85.6 cm³/mol. The fraction of sp³-hybridized carbons (Fsp3) is 0.188. The number of benzene rings is 1. The van der Waals surface area contributed by atoms with Gasteiger partial charge in [-0.05, 0) is 43.3 Å². The van der Waals surface area contributed by atoms with Gasteiger partial charge in [-0.1, -0.05) is 11.6 Å². The quantitative estimate of drug-likeness (QED) is 0.691. The number of hydrogen-bond donors (Lipinski definition) is 1. The summed E-state index contributed by atoms with van der Waals surface area (Å²) < 4.78 is 0. The number of carbonyl (C=O) groups excluding carboxylic acids is 3. The summed E-state index contributed by atoms with van der Waals surface area (Å²) in [5.41, 5.74) is 0.929. The molecule has 7 heteroatoms. The minimum Gasteiger partial charge on any atom is -0.359 e. The number of hydrogen-bond acceptors (Lipinski definition) is 3. The molecule has 3 rings (SSSR count). The van der Waals surface area contributed by atoms with Crippen LogP contribution in [0.2, 0.25) is 5.02 Å². The Labute approximate surface area is 137 Å². The van der Waals surface area contributed by atoms with E-state index in [1.54, 1.807) is 49.5 Å². The van der Waals surface area contributed by atoms with E-state index in [2.05, 4.69) is 4.98 Å². The number of nitrogens with one attached hydrogen (secondary N) is 1. The van der Waals surface area contributed by atoms with Gasteiger partial charge in [-0.2, -0.15) is 0 Å². The standard InChI is InChI=1S/C16H14ClN3O3/c1-10-15(22)19(9-14(21)13-3-2-8-18-13)16(23)20(10)12-6-4-11(17)5-7-12/h2-8,10,18H,9H2,1H3/t10-/m1/s1. The molecule has 0 bridgehead atoms. The monoisotopic (exact) mass is 331 g/mol. The third-order valence-corrected chi connectivity index (χ3v) is 4.00. The molecule has 1 aromatic carbocycles. The zero-order valence-electron chi connectivity index (χ0n) is 12.3. The van der Waals surface area contributed by atoms with E-state index in [9.17, 15) is 14.4 Å². The third-order valence-electron chi connectivity index (χ3n) is 3.75. The van der Waals surface area contributed by atoms with Crippen LogP contribution in [0.4, 0.5) is 10.5 Å². The first-order valence-corrected chi connectivity index (χ1v) is 7.43. The van der Waals surface area contributed by atoms with Crippen LogP contribution < -0.4 is 4.90 Å². The van der Waals surface area contributed by atoms with Crippen molar-refractivity contribution in [2.24, 2.45) is 0 Å². The highest BCUT2D eigenvalue weighted by Crippen LogP contribution is 2.27. The molecule has 3 amide bonds. The molecule has 1 atom stereocenters. The van der Waals surface area contributed by atoms with Gasteiger partial charge in [0.2, 0.25) is 0 Å². The van der Waals surface area contributed by atoms with Crippen molar-refractivity contribution >= 4 is 35.0 Å². The van der Waals surface area contributed by atoms with Gasteiger partial charge in [0.25, 0.3) is 5.91 Å². The first-order valence-electron chi connectivity index (χ1n) is 7.06. The predicted octanol–water partition coefficient (Wildman–Crippen LogP) is 2.71. The number of ketones is 1. The van der Waals surface area contributed by atoms with Crippen LogP contribution in [0.5, 0.6) is 0 Å². The molecule has 0 unspecified atom stereocenters. The van der Waals surface area contributed by atoms with Gasteiger partial charge in [-0.3, -0.25) is 19.4 Å². The molecule has 1 aliphatic heterocycles. The zero-order valence-corrected chi connectivity index (χ0v) is 13.1. The number of urea groups is 1. The van der Waals surface area contributed by atoms with Gasteiger partial charge in [0.15, 0.2) is 5.78 Å². The summed E-state index contributed by atoms with van der Waals surface area (Å²) in [6, 6.07) is 8.74. The van der Waals surface area contributed by atoms with Crippen molar-refractivity contribution in [1.82, 2.24) is 9.88 Å². The fourth-order valence-electron chi connectivity index (χ4n) is 2.54. The van der Waals surface area contributed by atoms with Crippen LogP contribution in [-0.4, -0.2) is 40.2 Å². The van der Waals surface area contributed by atoms with Gasteiger partial charge in [0.05, 0.1) is 12.2 Å². The molecule has 1 saturated heterocycles. The van der Waals surface area contributed by atoms with E-state index in [0.29, 0.717) is 16.4 Å². The highest BCUT2D eigenvalue weighted by atomic mass is 35.5. The highest BCUT2D eigenvalue weighted by Gasteiger charge is 2.44. The second-order valence-corrected chi connectivity index (χ2v) is 5.67. The van der Waals surface area contributed by atoms with E-state index in [0.717, 1.165) is 4.90 Å². The number of Topliss-reactive ketones (excluding diaryl/α,β-unsaturated/α-hetero) is 1. The SMILES string of the molecule is C[C@@H]1C(=O)N(CC(=O)c2ccc[nH]2)C(=O)N1c1ccc(Cl)cc1. The normalized spacial score (nSPS) is 17.9. The molecule has 23 heavy (non-hydrogen) atoms. The van der Waals surface area contributed by atoms with Gasteiger partial charge < -0.3 is 4.98 Å². The Morgan fingerprint density at radius 2 is 1.91 bits per heavy atom. The molecule has 2 heterocycles. The van der Waals surface area contributed by atoms with E-state index in [1.807, 2.05) is 0 Å². The van der Waals surface area contributed by atoms with E-state index in [4.69, 9.17) is 11.6 Å². The number of anilines is 1. The maximum absolute atomic E-state index is 12.6. The summed E-state index contributed by atoms with van der Waals surface area (Å²) in [6.07, 6.45) is 1.61. The molecule has 0 aliphatic carbocycles. The molecule has 1 fully saturated rings. The van der Waals surface area contributed by atoms with Crippen molar-refractivity contribution in [2.45, 2.75) is 13.0 Å². The van der Waals surface area contributed by atoms with E-state index < -0.39 is 18.0 Å². The summed E-state index contributed by atoms with van der Waals surface area (Å²) >= 11 is 5.85. The average molecular weight is 332 g/mol. The lowest BCUT2D eigenvalue weighted by atomic mass is 10.2. The summed E-state index contributed by atoms with van der Waals surface area (Å²) in [4.78, 5) is 42.1. The number of imide groups is 1. The number of rotatable bonds is 4. The number of aromatic amines is 1. The molecule has 1 N–H and O–H groups in total. The van der Waals surface area contributed by atoms with E-state index in [-0.39, 0.29) is 12.3 Å². The second-order valence-electron chi connectivity index (χ2n) is 5.24. The molecular weight excluding hydrogens is 318 g/mol. The largest absolute Gasteiger partial charge is 0.359 e. The molecule has 1 aromatic heterocycles. The van der Waals surface area contributed by atoms with Gasteiger partial charge in [-0.25, -0.2) is 4.79 Å². The number of H-pyrrole nitrogens is 1. The summed E-state index contributed by atoms with van der Waals surface area (Å²) in [7, 11) is 0. The summed E-state index contributed by atoms with van der Waals surface area (Å²) in [5.74, 6) is -0.716. The fourth-order valence-corrected chi connectivity index (χ4v) is 2.67. The number of carbonyl (C=O) groups is 3. The zero-order chi connectivity index (χ0) is 16.6. The number of nitrogens with zero attached hydrogens (tertiary/aromatic N) is 2. The lowest BCUT2D eigenvalue weighted by Crippen LogP contribution is -2.37. The van der Waals surface area contributed by atoms with Crippen LogP contribution in [-0.2, 0) is 4.79 Å². The summed E-state index contributed by atoms with van der Waals surface area (Å²) in [5, 5.41) is 0.540. The minimum atomic E-state index is -0.667. The van der Waals surface area contributed by atoms with Gasteiger partial charge in [-0.15, -0.1) is 0 Å². The van der Waals surface area contributed by atoms with Crippen LogP contribution in [0.3, 0.4) is 0 Å². The minimum absolute atomic E-state index is 0.285. The highest BCUT2D eigenvalue weighted by molar-refractivity contribution is 6.30. The number of aromatic nitrogens is 1. The Morgan fingerprint density at radius 1 is 1.22 bits per heavy atom. The van der Waals surface area contributed by atoms with Crippen LogP contribution >= 0.6 is 11.6 Å². The molecule has 0 radical (unpaired) electrons. The Morgan fingerprint density at radius 3 is 2.52 bits per heavy atom. The van der Waals surface area contributed by atoms with Crippen LogP contribution in [0.15, 0.2) is 42.6 Å². The van der Waals surface area contributed by atoms with Crippen molar-refractivity contribution in [3.05, 3.63) is 53.3 Å². The molecule has 1 aliphatic rings. The van der Waals surface area contributed by atoms with Gasteiger partial charge in [0, 0.05) is 16.9 Å². The summed E-state index contributed by atoms with van der Waals surface area (Å²) in [6.45, 7) is 1.35. The lowest BCUT2D eigenvalue weighted by Gasteiger charge is -2.19. The molecule has 118 valence electrons. The molecule has 0 spiro atoms. The average Bonchev–Trinajstić information content (AvgIpc) is 3.13. The van der Waals surface area contributed by atoms with Gasteiger partial charge >= 0.3 is 6.03 Å². The van der Waals surface area contributed by atoms with Crippen molar-refractivity contribution in [2.75, 3.05) is 11.4 Å². The first-order chi connectivity index (χ1) is 11.0. The van der Waals surface area contributed by atoms with Crippen LogP contribution in [0.1, 0.15) is 17.4 Å². The van der Waals surface area contributed by atoms with Crippen molar-refractivity contribution < 1.29 is 14.4 Å². The molecular formula is C16H14ClN3O3. The first kappa shape index (κ1) is 15.3. The molecule has 0 saturated carbocycles. The number of halogens is 1. The van der Waals surface area contributed by atoms with Crippen LogP contribution in [0.25, 0.3) is 0 Å². The lowest BCUT2D eigenvalue weighted by molar-refractivity contribution is -0.126. The maximum atomic E-state index is 12.6. The van der Waals surface area contributed by atoms with E-state index in [1.165, 1.54) is 4.90 Å². The van der Waals surface area contributed by atoms with Crippen molar-refractivity contribution in [1.29, 1.82) is 0 Å². The number of amides is 3. The van der Waals surface area contributed by atoms with Crippen LogP contribution in [0, 0.1) is 0 Å². The maximum Gasteiger partial charge on any atom is 0.332 e. The smallest absolute Gasteiger partial charge is 0.332 e. The molecule has 6 nitrogen and oxygen atoms in total. The molecule has 2 aromatic rings. The van der Waals surface area contributed by atoms with Crippen molar-refractivity contribution in [3.8, 4) is 0 Å². The van der Waals surface area contributed by atoms with Crippen molar-refractivity contribution in [3.63, 3.8) is 0 Å². The topological polar surface area (TPSA) is 73.5 Å². The Kier molecular flexibility index (Phi) is 3.92. The van der Waals surface area contributed by atoms with E-state index >= 15 is 0 Å². The van der Waals surface area contributed by atoms with Gasteiger partial charge in [0.1, 0.15) is 6.04 Å². The Hall–Kier alpha value is -2.60.